The first-order valence-electron chi connectivity index (χ1n) is 5.70. The first-order valence-corrected chi connectivity index (χ1v) is 6.87. The molecule has 0 saturated carbocycles. The van der Waals surface area contributed by atoms with Crippen molar-refractivity contribution in [2.24, 2.45) is 0 Å². The molecule has 1 aromatic carbocycles. The molecule has 0 aliphatic rings. The van der Waals surface area contributed by atoms with E-state index in [4.69, 9.17) is 11.6 Å². The molecular formula is C14H9BrClN3. The summed E-state index contributed by atoms with van der Waals surface area (Å²) in [4.78, 5) is 13.1. The SMILES string of the molecule is Cc1cc(Cl)nc(-c2ccc(Br)c3cccnc23)n1. The maximum Gasteiger partial charge on any atom is 0.163 e. The van der Waals surface area contributed by atoms with Crippen molar-refractivity contribution in [1.82, 2.24) is 15.0 Å². The van der Waals surface area contributed by atoms with Gasteiger partial charge in [-0.3, -0.25) is 4.98 Å². The van der Waals surface area contributed by atoms with Gasteiger partial charge in [0.25, 0.3) is 0 Å². The average Bonchev–Trinajstić information content (AvgIpc) is 2.38. The van der Waals surface area contributed by atoms with Crippen LogP contribution in [0.15, 0.2) is 41.0 Å². The molecule has 0 spiro atoms. The molecule has 94 valence electrons. The van der Waals surface area contributed by atoms with Gasteiger partial charge in [-0.15, -0.1) is 0 Å². The van der Waals surface area contributed by atoms with Crippen LogP contribution in [-0.4, -0.2) is 15.0 Å². The molecule has 0 amide bonds. The van der Waals surface area contributed by atoms with Gasteiger partial charge in [-0.1, -0.05) is 33.6 Å². The molecule has 2 aromatic heterocycles. The Morgan fingerprint density at radius 1 is 1.16 bits per heavy atom. The van der Waals surface area contributed by atoms with Crippen molar-refractivity contribution in [1.29, 1.82) is 0 Å². The molecule has 0 radical (unpaired) electrons. The van der Waals surface area contributed by atoms with E-state index in [1.807, 2.05) is 31.2 Å². The van der Waals surface area contributed by atoms with Gasteiger partial charge in [0.05, 0.1) is 5.52 Å². The number of fused-ring (bicyclic) bond motifs is 1. The maximum absolute atomic E-state index is 6.00. The smallest absolute Gasteiger partial charge is 0.163 e. The molecule has 0 atom stereocenters. The number of hydrogen-bond donors (Lipinski definition) is 0. The van der Waals surface area contributed by atoms with Crippen LogP contribution in [0.25, 0.3) is 22.3 Å². The lowest BCUT2D eigenvalue weighted by Gasteiger charge is -2.07. The first kappa shape index (κ1) is 12.5. The van der Waals surface area contributed by atoms with Crippen molar-refractivity contribution in [2.45, 2.75) is 6.92 Å². The minimum Gasteiger partial charge on any atom is -0.255 e. The molecule has 0 bridgehead atoms. The second-order valence-corrected chi connectivity index (χ2v) is 5.39. The number of hydrogen-bond acceptors (Lipinski definition) is 3. The third kappa shape index (κ3) is 2.33. The van der Waals surface area contributed by atoms with Gasteiger partial charge in [-0.05, 0) is 31.2 Å². The zero-order valence-electron chi connectivity index (χ0n) is 10.1. The number of pyridine rings is 1. The van der Waals surface area contributed by atoms with Gasteiger partial charge in [-0.2, -0.15) is 0 Å². The van der Waals surface area contributed by atoms with E-state index in [1.165, 1.54) is 0 Å². The molecule has 5 heteroatoms. The number of aryl methyl sites for hydroxylation is 1. The summed E-state index contributed by atoms with van der Waals surface area (Å²) < 4.78 is 0.998. The van der Waals surface area contributed by atoms with Gasteiger partial charge in [0.2, 0.25) is 0 Å². The zero-order chi connectivity index (χ0) is 13.4. The molecular weight excluding hydrogens is 326 g/mol. The molecule has 0 saturated heterocycles. The summed E-state index contributed by atoms with van der Waals surface area (Å²) in [6, 6.07) is 9.57. The van der Waals surface area contributed by atoms with Crippen molar-refractivity contribution in [2.75, 3.05) is 0 Å². The Kier molecular flexibility index (Phi) is 3.21. The van der Waals surface area contributed by atoms with E-state index >= 15 is 0 Å². The molecule has 0 N–H and O–H groups in total. The molecule has 3 nitrogen and oxygen atoms in total. The van der Waals surface area contributed by atoms with Crippen LogP contribution in [0.1, 0.15) is 5.69 Å². The summed E-state index contributed by atoms with van der Waals surface area (Å²) in [7, 11) is 0. The van der Waals surface area contributed by atoms with Crippen molar-refractivity contribution in [3.8, 4) is 11.4 Å². The lowest BCUT2D eigenvalue weighted by atomic mass is 10.1. The van der Waals surface area contributed by atoms with Crippen molar-refractivity contribution in [3.63, 3.8) is 0 Å². The molecule has 3 rings (SSSR count). The van der Waals surface area contributed by atoms with Crippen LogP contribution in [0.3, 0.4) is 0 Å². The van der Waals surface area contributed by atoms with E-state index in [9.17, 15) is 0 Å². The second-order valence-electron chi connectivity index (χ2n) is 4.15. The Bertz CT molecular complexity index is 753. The summed E-state index contributed by atoms with van der Waals surface area (Å²) in [5.74, 6) is 0.598. The minimum absolute atomic E-state index is 0.439. The highest BCUT2D eigenvalue weighted by Crippen LogP contribution is 2.30. The molecule has 0 unspecified atom stereocenters. The van der Waals surface area contributed by atoms with E-state index in [0.29, 0.717) is 11.0 Å². The van der Waals surface area contributed by atoms with Crippen LogP contribution in [0.2, 0.25) is 5.15 Å². The van der Waals surface area contributed by atoms with Gasteiger partial charge in [0, 0.05) is 27.3 Å². The molecule has 0 aliphatic carbocycles. The maximum atomic E-state index is 6.00. The monoisotopic (exact) mass is 333 g/mol. The number of rotatable bonds is 1. The number of nitrogens with zero attached hydrogens (tertiary/aromatic N) is 3. The predicted molar refractivity (Wildman–Crippen MR) is 80.2 cm³/mol. The Balaban J connectivity index is 2.34. The third-order valence-corrected chi connectivity index (χ3v) is 3.67. The van der Waals surface area contributed by atoms with E-state index in [2.05, 4.69) is 30.9 Å². The Hall–Kier alpha value is -1.52. The van der Waals surface area contributed by atoms with Crippen LogP contribution >= 0.6 is 27.5 Å². The van der Waals surface area contributed by atoms with Gasteiger partial charge in [0.1, 0.15) is 5.15 Å². The predicted octanol–water partition coefficient (Wildman–Crippen LogP) is 4.42. The van der Waals surface area contributed by atoms with Gasteiger partial charge in [-0.25, -0.2) is 9.97 Å². The Labute approximate surface area is 123 Å². The highest BCUT2D eigenvalue weighted by Gasteiger charge is 2.11. The van der Waals surface area contributed by atoms with Crippen molar-refractivity contribution in [3.05, 3.63) is 51.8 Å². The fourth-order valence-corrected chi connectivity index (χ4v) is 2.66. The molecule has 19 heavy (non-hydrogen) atoms. The molecule has 0 fully saturated rings. The lowest BCUT2D eigenvalue weighted by Crippen LogP contribution is -1.94. The average molecular weight is 335 g/mol. The lowest BCUT2D eigenvalue weighted by molar-refractivity contribution is 1.11. The third-order valence-electron chi connectivity index (χ3n) is 2.78. The van der Waals surface area contributed by atoms with E-state index in [-0.39, 0.29) is 0 Å². The minimum atomic E-state index is 0.439. The molecule has 2 heterocycles. The van der Waals surface area contributed by atoms with Crippen molar-refractivity contribution < 1.29 is 0 Å². The number of halogens is 2. The summed E-state index contributed by atoms with van der Waals surface area (Å²) in [6.45, 7) is 1.89. The Morgan fingerprint density at radius 2 is 2.00 bits per heavy atom. The van der Waals surface area contributed by atoms with Gasteiger partial charge >= 0.3 is 0 Å². The largest absolute Gasteiger partial charge is 0.255 e. The normalized spacial score (nSPS) is 10.9. The fraction of sp³-hybridized carbons (Fsp3) is 0.0714. The summed E-state index contributed by atoms with van der Waals surface area (Å²) >= 11 is 9.53. The summed E-state index contributed by atoms with van der Waals surface area (Å²) in [5, 5.41) is 1.47. The zero-order valence-corrected chi connectivity index (χ0v) is 12.4. The van der Waals surface area contributed by atoms with E-state index in [0.717, 1.165) is 26.6 Å². The van der Waals surface area contributed by atoms with Gasteiger partial charge < -0.3 is 0 Å². The fourth-order valence-electron chi connectivity index (χ4n) is 1.97. The highest BCUT2D eigenvalue weighted by atomic mass is 79.9. The van der Waals surface area contributed by atoms with Crippen molar-refractivity contribution >= 4 is 38.4 Å². The summed E-state index contributed by atoms with van der Waals surface area (Å²) in [6.07, 6.45) is 1.76. The van der Waals surface area contributed by atoms with Crippen LogP contribution in [-0.2, 0) is 0 Å². The molecule has 3 aromatic rings. The topological polar surface area (TPSA) is 38.7 Å². The standard InChI is InChI=1S/C14H9BrClN3/c1-8-7-12(16)19-14(18-8)10-4-5-11(15)9-3-2-6-17-13(9)10/h2-7H,1H3. The first-order chi connectivity index (χ1) is 9.15. The Morgan fingerprint density at radius 3 is 2.79 bits per heavy atom. The molecule has 0 aliphatic heterocycles. The van der Waals surface area contributed by atoms with E-state index < -0.39 is 0 Å². The number of aromatic nitrogens is 3. The van der Waals surface area contributed by atoms with Crippen LogP contribution < -0.4 is 0 Å². The van der Waals surface area contributed by atoms with E-state index in [1.54, 1.807) is 12.3 Å². The van der Waals surface area contributed by atoms with Crippen LogP contribution in [0, 0.1) is 6.92 Å². The van der Waals surface area contributed by atoms with Crippen LogP contribution in [0.4, 0.5) is 0 Å². The van der Waals surface area contributed by atoms with Crippen LogP contribution in [0.5, 0.6) is 0 Å². The van der Waals surface area contributed by atoms with Gasteiger partial charge in [0.15, 0.2) is 5.82 Å². The quantitative estimate of drug-likeness (QED) is 0.618. The highest BCUT2D eigenvalue weighted by molar-refractivity contribution is 9.10. The summed E-state index contributed by atoms with van der Waals surface area (Å²) in [5.41, 5.74) is 2.57. The number of benzene rings is 1. The second kappa shape index (κ2) is 4.87.